The number of nitrogens with one attached hydrogen (secondary N) is 1. The lowest BCUT2D eigenvalue weighted by atomic mass is 9.96. The number of anilines is 1. The molecule has 1 aromatic heterocycles. The predicted molar refractivity (Wildman–Crippen MR) is 183 cm³/mol. The van der Waals surface area contributed by atoms with Crippen LogP contribution in [0.1, 0.15) is 43.4 Å². The molecule has 5 rings (SSSR count). The van der Waals surface area contributed by atoms with E-state index in [1.165, 1.54) is 18.0 Å². The van der Waals surface area contributed by atoms with Gasteiger partial charge in [0.25, 0.3) is 11.5 Å². The number of methoxy groups -OCH3 is 1. The van der Waals surface area contributed by atoms with Gasteiger partial charge in [0.2, 0.25) is 0 Å². The summed E-state index contributed by atoms with van der Waals surface area (Å²) < 4.78 is 18.5. The molecule has 1 heterocycles. The number of carbonyl (C=O) groups excluding carboxylic acids is 1. The quantitative estimate of drug-likeness (QED) is 0.151. The van der Waals surface area contributed by atoms with Crippen molar-refractivity contribution in [2.45, 2.75) is 33.6 Å². The van der Waals surface area contributed by atoms with Crippen molar-refractivity contribution in [3.8, 4) is 28.6 Å². The van der Waals surface area contributed by atoms with E-state index in [0.29, 0.717) is 40.3 Å². The number of amides is 1. The van der Waals surface area contributed by atoms with Gasteiger partial charge in [-0.05, 0) is 85.0 Å². The van der Waals surface area contributed by atoms with Crippen molar-refractivity contribution >= 4 is 40.3 Å². The first-order valence-corrected chi connectivity index (χ1v) is 15.3. The van der Waals surface area contributed by atoms with Gasteiger partial charge in [0.1, 0.15) is 5.75 Å². The van der Waals surface area contributed by atoms with Crippen molar-refractivity contribution in [1.82, 2.24) is 9.66 Å². The lowest BCUT2D eigenvalue weighted by molar-refractivity contribution is -0.118. The molecule has 9 nitrogen and oxygen atoms in total. The minimum Gasteiger partial charge on any atom is -0.494 e. The van der Waals surface area contributed by atoms with Gasteiger partial charge in [-0.1, -0.05) is 55.8 Å². The van der Waals surface area contributed by atoms with E-state index in [1.807, 2.05) is 56.3 Å². The summed E-state index contributed by atoms with van der Waals surface area (Å²) in [7, 11) is 1.47. The number of hydrogen-bond acceptors (Lipinski definition) is 7. The molecule has 0 aliphatic rings. The Morgan fingerprint density at radius 3 is 2.48 bits per heavy atom. The minimum atomic E-state index is -0.351. The van der Waals surface area contributed by atoms with Crippen molar-refractivity contribution in [3.05, 3.63) is 111 Å². The summed E-state index contributed by atoms with van der Waals surface area (Å²) in [4.78, 5) is 31.2. The summed E-state index contributed by atoms with van der Waals surface area (Å²) in [5, 5.41) is 8.02. The smallest absolute Gasteiger partial charge is 0.282 e. The van der Waals surface area contributed by atoms with E-state index in [1.54, 1.807) is 36.4 Å². The Morgan fingerprint density at radius 1 is 1.02 bits per heavy atom. The zero-order chi connectivity index (χ0) is 32.8. The summed E-state index contributed by atoms with van der Waals surface area (Å²) in [5.41, 5.74) is 4.10. The molecule has 236 valence electrons. The molecule has 1 N–H and O–H groups in total. The predicted octanol–water partition coefficient (Wildman–Crippen LogP) is 7.46. The highest BCUT2D eigenvalue weighted by molar-refractivity contribution is 6.32. The molecule has 4 aromatic carbocycles. The molecule has 0 saturated carbocycles. The third kappa shape index (κ3) is 7.05. The van der Waals surface area contributed by atoms with Crippen LogP contribution in [0.4, 0.5) is 5.69 Å². The van der Waals surface area contributed by atoms with Crippen LogP contribution in [0.15, 0.2) is 88.8 Å². The Labute approximate surface area is 272 Å². The molecule has 0 radical (unpaired) electrons. The maximum absolute atomic E-state index is 13.8. The molecule has 1 amide bonds. The fourth-order valence-electron chi connectivity index (χ4n) is 5.01. The molecule has 0 saturated heterocycles. The van der Waals surface area contributed by atoms with Crippen LogP contribution in [-0.4, -0.2) is 42.1 Å². The van der Waals surface area contributed by atoms with Crippen LogP contribution in [-0.2, 0) is 4.79 Å². The second-order valence-electron chi connectivity index (χ2n) is 10.8. The average Bonchev–Trinajstić information content (AvgIpc) is 3.04. The first kappa shape index (κ1) is 32.2. The molecule has 10 heteroatoms. The maximum Gasteiger partial charge on any atom is 0.282 e. The Kier molecular flexibility index (Phi) is 10.0. The Balaban J connectivity index is 1.52. The van der Waals surface area contributed by atoms with Gasteiger partial charge in [0, 0.05) is 11.3 Å². The molecule has 0 bridgehead atoms. The molecule has 0 unspecified atom stereocenters. The second kappa shape index (κ2) is 14.3. The second-order valence-corrected chi connectivity index (χ2v) is 11.3. The number of aryl methyl sites for hydroxylation is 1. The van der Waals surface area contributed by atoms with Gasteiger partial charge >= 0.3 is 0 Å². The number of nitrogens with zero attached hydrogens (tertiary/aromatic N) is 3. The SMILES string of the molecule is CCOc1cc(C)c(-c2nc3ccccc3c(=O)n2N=Cc2cc(Cl)c(OCC(=O)Nc3ccccc3)c(OC)c2)cc1C(C)C. The molecular weight excluding hydrogens is 604 g/mol. The normalized spacial score (nSPS) is 11.3. The lowest BCUT2D eigenvalue weighted by Gasteiger charge is -2.18. The molecule has 5 aromatic rings. The largest absolute Gasteiger partial charge is 0.494 e. The molecule has 46 heavy (non-hydrogen) atoms. The van der Waals surface area contributed by atoms with Crippen LogP contribution >= 0.6 is 11.6 Å². The zero-order valence-electron chi connectivity index (χ0n) is 26.3. The van der Waals surface area contributed by atoms with Crippen LogP contribution in [0.5, 0.6) is 17.2 Å². The number of benzene rings is 4. The Bertz CT molecular complexity index is 1970. The number of hydrogen-bond donors (Lipinski definition) is 1. The highest BCUT2D eigenvalue weighted by atomic mass is 35.5. The highest BCUT2D eigenvalue weighted by Gasteiger charge is 2.19. The number of ether oxygens (including phenoxy) is 3. The first-order chi connectivity index (χ1) is 22.2. The molecule has 0 aliphatic heterocycles. The van der Waals surface area contributed by atoms with Gasteiger partial charge < -0.3 is 19.5 Å². The van der Waals surface area contributed by atoms with E-state index < -0.39 is 0 Å². The number of fused-ring (bicyclic) bond motifs is 1. The number of carbonyl (C=O) groups is 1. The van der Waals surface area contributed by atoms with E-state index >= 15 is 0 Å². The number of rotatable bonds is 11. The van der Waals surface area contributed by atoms with Crippen LogP contribution < -0.4 is 25.1 Å². The Morgan fingerprint density at radius 2 is 1.76 bits per heavy atom. The van der Waals surface area contributed by atoms with Gasteiger partial charge in [0.05, 0.1) is 35.9 Å². The van der Waals surface area contributed by atoms with Crippen molar-refractivity contribution in [2.75, 3.05) is 25.6 Å². The molecular formula is C36H35ClN4O5. The summed E-state index contributed by atoms with van der Waals surface area (Å²) in [5.74, 6) is 1.53. The zero-order valence-corrected chi connectivity index (χ0v) is 27.1. The third-order valence-corrected chi connectivity index (χ3v) is 7.53. The summed E-state index contributed by atoms with van der Waals surface area (Å²) in [6, 6.07) is 23.5. The molecule has 0 atom stereocenters. The van der Waals surface area contributed by atoms with E-state index in [0.717, 1.165) is 22.4 Å². The van der Waals surface area contributed by atoms with Crippen molar-refractivity contribution < 1.29 is 19.0 Å². The summed E-state index contributed by atoms with van der Waals surface area (Å²) >= 11 is 6.59. The van der Waals surface area contributed by atoms with Crippen molar-refractivity contribution in [2.24, 2.45) is 5.10 Å². The Hall–Kier alpha value is -5.15. The van der Waals surface area contributed by atoms with E-state index in [9.17, 15) is 9.59 Å². The van der Waals surface area contributed by atoms with Gasteiger partial charge in [0.15, 0.2) is 23.9 Å². The fourth-order valence-corrected chi connectivity index (χ4v) is 5.28. The van der Waals surface area contributed by atoms with Crippen LogP contribution in [0, 0.1) is 6.92 Å². The lowest BCUT2D eigenvalue weighted by Crippen LogP contribution is -2.21. The van der Waals surface area contributed by atoms with Crippen molar-refractivity contribution in [3.63, 3.8) is 0 Å². The standard InChI is InChI=1S/C36H35ClN4O5/c1-6-45-31-16-23(4)28(19-27(31)22(2)3)35-40-30-15-11-10-14-26(30)36(43)41(35)38-20-24-17-29(37)34(32(18-24)44-5)46-21-33(42)39-25-12-8-7-9-13-25/h7-20,22H,6,21H2,1-5H3,(H,39,42). The minimum absolute atomic E-state index is 0.171. The van der Waals surface area contributed by atoms with E-state index in [4.69, 9.17) is 30.8 Å². The molecule has 0 spiro atoms. The van der Waals surface area contributed by atoms with Crippen molar-refractivity contribution in [1.29, 1.82) is 0 Å². The molecule has 0 fully saturated rings. The fraction of sp³-hybridized carbons (Fsp3) is 0.222. The topological polar surface area (TPSA) is 104 Å². The molecule has 0 aliphatic carbocycles. The third-order valence-electron chi connectivity index (χ3n) is 7.25. The van der Waals surface area contributed by atoms with Gasteiger partial charge in [-0.2, -0.15) is 9.78 Å². The van der Waals surface area contributed by atoms with Gasteiger partial charge in [-0.15, -0.1) is 0 Å². The maximum atomic E-state index is 13.8. The van der Waals surface area contributed by atoms with E-state index in [2.05, 4.69) is 24.3 Å². The number of para-hydroxylation sites is 2. The summed E-state index contributed by atoms with van der Waals surface area (Å²) in [6.07, 6.45) is 1.51. The summed E-state index contributed by atoms with van der Waals surface area (Å²) in [6.45, 7) is 8.36. The highest BCUT2D eigenvalue weighted by Crippen LogP contribution is 2.37. The van der Waals surface area contributed by atoms with Gasteiger partial charge in [-0.25, -0.2) is 4.98 Å². The number of aromatic nitrogens is 2. The van der Waals surface area contributed by atoms with Crippen LogP contribution in [0.2, 0.25) is 5.02 Å². The van der Waals surface area contributed by atoms with Crippen LogP contribution in [0.25, 0.3) is 22.3 Å². The van der Waals surface area contributed by atoms with Gasteiger partial charge in [-0.3, -0.25) is 9.59 Å². The average molecular weight is 639 g/mol. The first-order valence-electron chi connectivity index (χ1n) is 14.9. The van der Waals surface area contributed by atoms with E-state index in [-0.39, 0.29) is 34.8 Å². The monoisotopic (exact) mass is 638 g/mol. The number of halogens is 1. The van der Waals surface area contributed by atoms with Crippen LogP contribution in [0.3, 0.4) is 0 Å².